The molecular formula is C21H15BrF3NOS. The molecule has 0 N–H and O–H groups in total. The van der Waals surface area contributed by atoms with E-state index in [1.54, 1.807) is 23.5 Å². The predicted octanol–water partition coefficient (Wildman–Crippen LogP) is 7.40. The van der Waals surface area contributed by atoms with Crippen molar-refractivity contribution in [2.45, 2.75) is 25.2 Å². The van der Waals surface area contributed by atoms with Crippen LogP contribution in [0.5, 0.6) is 5.75 Å². The molecule has 1 aromatic heterocycles. The summed E-state index contributed by atoms with van der Waals surface area (Å²) in [4.78, 5) is 6.07. The molecule has 1 unspecified atom stereocenters. The van der Waals surface area contributed by atoms with E-state index in [9.17, 15) is 13.2 Å². The Morgan fingerprint density at radius 1 is 0.929 bits per heavy atom. The maximum atomic E-state index is 12.3. The minimum atomic E-state index is -4.68. The summed E-state index contributed by atoms with van der Waals surface area (Å²) in [6, 6.07) is 18.2. The Balaban J connectivity index is 1.48. The Morgan fingerprint density at radius 3 is 2.14 bits per heavy atom. The summed E-state index contributed by atoms with van der Waals surface area (Å²) in [5, 5.41) is 0. The van der Waals surface area contributed by atoms with Gasteiger partial charge in [0.05, 0.1) is 15.5 Å². The first-order valence-corrected chi connectivity index (χ1v) is 10.3. The zero-order valence-electron chi connectivity index (χ0n) is 14.5. The van der Waals surface area contributed by atoms with Crippen LogP contribution in [0.4, 0.5) is 13.2 Å². The first-order chi connectivity index (χ1) is 13.4. The van der Waals surface area contributed by atoms with E-state index < -0.39 is 6.36 Å². The van der Waals surface area contributed by atoms with Crippen LogP contribution in [0, 0.1) is 0 Å². The lowest BCUT2D eigenvalue weighted by Crippen LogP contribution is -2.16. The van der Waals surface area contributed by atoms with Crippen LogP contribution >= 0.6 is 27.3 Å². The molecule has 7 heteroatoms. The fraction of sp³-hybridized carbons (Fsp3) is 0.190. The number of rotatable bonds is 4. The molecule has 2 nitrogen and oxygen atoms in total. The zero-order valence-corrected chi connectivity index (χ0v) is 16.9. The van der Waals surface area contributed by atoms with Gasteiger partial charge in [0.1, 0.15) is 5.75 Å². The average molecular weight is 466 g/mol. The van der Waals surface area contributed by atoms with Crippen LogP contribution in [0.1, 0.15) is 29.3 Å². The van der Waals surface area contributed by atoms with E-state index in [2.05, 4.69) is 26.7 Å². The van der Waals surface area contributed by atoms with Gasteiger partial charge in [-0.1, -0.05) is 36.4 Å². The van der Waals surface area contributed by atoms with Crippen molar-refractivity contribution < 1.29 is 17.9 Å². The third-order valence-electron chi connectivity index (χ3n) is 4.54. The minimum Gasteiger partial charge on any atom is -0.406 e. The quantitative estimate of drug-likeness (QED) is 0.393. The summed E-state index contributed by atoms with van der Waals surface area (Å²) in [6.07, 6.45) is -2.74. The lowest BCUT2D eigenvalue weighted by molar-refractivity contribution is -0.274. The van der Waals surface area contributed by atoms with Crippen molar-refractivity contribution in [1.29, 1.82) is 0 Å². The van der Waals surface area contributed by atoms with Gasteiger partial charge in [-0.2, -0.15) is 0 Å². The van der Waals surface area contributed by atoms with Crippen LogP contribution in [-0.4, -0.2) is 12.1 Å². The number of aliphatic imine (C=N–C) groups is 1. The molecule has 0 spiro atoms. The van der Waals surface area contributed by atoms with Crippen LogP contribution in [0.2, 0.25) is 0 Å². The number of benzene rings is 2. The van der Waals surface area contributed by atoms with E-state index in [-0.39, 0.29) is 11.8 Å². The van der Waals surface area contributed by atoms with E-state index in [0.717, 1.165) is 39.0 Å². The highest BCUT2D eigenvalue weighted by Gasteiger charge is 2.31. The smallest absolute Gasteiger partial charge is 0.406 e. The lowest BCUT2D eigenvalue weighted by atomic mass is 9.99. The fourth-order valence-corrected chi connectivity index (χ4v) is 4.65. The molecule has 0 saturated carbocycles. The van der Waals surface area contributed by atoms with Gasteiger partial charge in [0.2, 0.25) is 0 Å². The molecule has 0 amide bonds. The molecular weight excluding hydrogens is 451 g/mol. The lowest BCUT2D eigenvalue weighted by Gasteiger charge is -2.10. The van der Waals surface area contributed by atoms with E-state index in [1.807, 2.05) is 30.3 Å². The van der Waals surface area contributed by atoms with E-state index >= 15 is 0 Å². The second kappa shape index (κ2) is 7.72. The maximum absolute atomic E-state index is 12.3. The van der Waals surface area contributed by atoms with Crippen molar-refractivity contribution in [3.63, 3.8) is 0 Å². The Hall–Kier alpha value is -2.12. The van der Waals surface area contributed by atoms with Crippen molar-refractivity contribution in [2.75, 3.05) is 0 Å². The van der Waals surface area contributed by atoms with Crippen LogP contribution in [0.15, 0.2) is 69.4 Å². The summed E-state index contributed by atoms with van der Waals surface area (Å²) < 4.78 is 41.8. The largest absolute Gasteiger partial charge is 0.573 e. The summed E-state index contributed by atoms with van der Waals surface area (Å²) in [5.41, 5.74) is 4.06. The van der Waals surface area contributed by atoms with Gasteiger partial charge in [-0.3, -0.25) is 4.99 Å². The number of thiophene rings is 1. The molecule has 1 aliphatic rings. The zero-order chi connectivity index (χ0) is 19.7. The molecule has 3 aromatic rings. The highest BCUT2D eigenvalue weighted by atomic mass is 79.9. The fourth-order valence-electron chi connectivity index (χ4n) is 3.23. The first-order valence-electron chi connectivity index (χ1n) is 8.66. The Morgan fingerprint density at radius 2 is 1.57 bits per heavy atom. The number of alkyl halides is 3. The number of halogens is 4. The van der Waals surface area contributed by atoms with Gasteiger partial charge >= 0.3 is 6.36 Å². The van der Waals surface area contributed by atoms with Crippen molar-refractivity contribution in [3.8, 4) is 16.9 Å². The van der Waals surface area contributed by atoms with E-state index in [4.69, 9.17) is 4.99 Å². The molecule has 0 aliphatic carbocycles. The normalized spacial score (nSPS) is 16.9. The van der Waals surface area contributed by atoms with Crippen molar-refractivity contribution in [2.24, 2.45) is 4.99 Å². The van der Waals surface area contributed by atoms with Gasteiger partial charge in [-0.15, -0.1) is 24.5 Å². The van der Waals surface area contributed by atoms with Gasteiger partial charge in [-0.05, 0) is 69.7 Å². The van der Waals surface area contributed by atoms with Crippen molar-refractivity contribution in [3.05, 3.63) is 74.9 Å². The Labute approximate surface area is 172 Å². The number of nitrogens with zero attached hydrogens (tertiary/aromatic N) is 1. The molecule has 2 heterocycles. The molecule has 0 radical (unpaired) electrons. The molecule has 0 bridgehead atoms. The number of ether oxygens (including phenoxy) is 1. The van der Waals surface area contributed by atoms with Crippen LogP contribution in [0.3, 0.4) is 0 Å². The molecule has 0 fully saturated rings. The summed E-state index contributed by atoms with van der Waals surface area (Å²) in [5.74, 6) is -0.221. The molecule has 1 atom stereocenters. The molecule has 28 heavy (non-hydrogen) atoms. The van der Waals surface area contributed by atoms with Crippen LogP contribution in [0.25, 0.3) is 11.1 Å². The predicted molar refractivity (Wildman–Crippen MR) is 109 cm³/mol. The van der Waals surface area contributed by atoms with Crippen molar-refractivity contribution >= 4 is 33.0 Å². The topological polar surface area (TPSA) is 21.6 Å². The summed E-state index contributed by atoms with van der Waals surface area (Å²) in [6.45, 7) is 0. The van der Waals surface area contributed by atoms with Gasteiger partial charge in [-0.25, -0.2) is 0 Å². The van der Waals surface area contributed by atoms with Crippen LogP contribution in [-0.2, 0) is 0 Å². The van der Waals surface area contributed by atoms with Gasteiger partial charge in [0.15, 0.2) is 0 Å². The highest BCUT2D eigenvalue weighted by molar-refractivity contribution is 9.11. The molecule has 144 valence electrons. The van der Waals surface area contributed by atoms with Gasteiger partial charge in [0.25, 0.3) is 0 Å². The van der Waals surface area contributed by atoms with Gasteiger partial charge < -0.3 is 4.74 Å². The monoisotopic (exact) mass is 465 g/mol. The average Bonchev–Trinajstić information content (AvgIpc) is 3.30. The molecule has 1 aliphatic heterocycles. The first kappa shape index (κ1) is 19.2. The maximum Gasteiger partial charge on any atom is 0.573 e. The van der Waals surface area contributed by atoms with Crippen LogP contribution < -0.4 is 4.74 Å². The third kappa shape index (κ3) is 4.47. The second-order valence-electron chi connectivity index (χ2n) is 6.43. The van der Waals surface area contributed by atoms with E-state index in [1.165, 1.54) is 17.0 Å². The van der Waals surface area contributed by atoms with E-state index in [0.29, 0.717) is 0 Å². The number of hydrogen-bond acceptors (Lipinski definition) is 3. The molecule has 2 aromatic carbocycles. The summed E-state index contributed by atoms with van der Waals surface area (Å²) in [7, 11) is 0. The Kier molecular flexibility index (Phi) is 5.29. The summed E-state index contributed by atoms with van der Waals surface area (Å²) >= 11 is 5.18. The molecule has 0 saturated heterocycles. The SMILES string of the molecule is FC(F)(F)Oc1ccc(-c2ccc(C3CCC(c4ccc(Br)s4)=N3)cc2)cc1. The van der Waals surface area contributed by atoms with Crippen molar-refractivity contribution in [1.82, 2.24) is 0 Å². The standard InChI is InChI=1S/C21H15BrF3NOS/c22-20-12-11-19(28-20)18-10-9-17(26-18)15-3-1-13(2-4-15)14-5-7-16(8-6-14)27-21(23,24)25/h1-8,11-12,17H,9-10H2. The number of hydrogen-bond donors (Lipinski definition) is 0. The highest BCUT2D eigenvalue weighted by Crippen LogP contribution is 2.35. The minimum absolute atomic E-state index is 0.146. The third-order valence-corrected chi connectivity index (χ3v) is 6.21. The Bertz CT molecular complexity index is 994. The van der Waals surface area contributed by atoms with Gasteiger partial charge in [0, 0.05) is 4.88 Å². The second-order valence-corrected chi connectivity index (χ2v) is 8.89. The molecule has 4 rings (SSSR count).